The van der Waals surface area contributed by atoms with Crippen LogP contribution >= 0.6 is 0 Å². The van der Waals surface area contributed by atoms with Crippen molar-refractivity contribution in [2.45, 2.75) is 291 Å². The molecule has 0 radical (unpaired) electrons. The standard InChI is InChI=1S/C62H111N11O13/c1-16-19-21-22-23-24-30-44(52(78)67-47(37-40(6)7)54(80)71-60(10,11)57(84)69-46(36-39(4)5)51(77)63-34-33-49(75)65-41(8)38-64-42(9)56(82)83)68-58(85)61(12,13)72-59(86)62(14,15)70-53(79)45(31-25-29-43(74)28-20-17-2)66-55(81)48-32-26-35-73(48)50(76)27-18-3/h39-42,44-48,64H,16-38H2,1-15H3,(H,63,77)(H,65,75)(H,66,81)(H,67,78)(H,68,85)(H,69,84)(H,70,79)(H,71,80)(H,72,86)(H,82,83)/t41-,42-,44-,45-,46-,47-,48?/m0/s1. The minimum Gasteiger partial charge on any atom is -0.480 e. The molecule has 0 aromatic rings. The lowest BCUT2D eigenvalue weighted by Gasteiger charge is -2.34. The molecule has 10 amide bonds. The Morgan fingerprint density at radius 1 is 0.512 bits per heavy atom. The molecule has 1 fully saturated rings. The molecule has 0 aliphatic carbocycles. The third-order valence-electron chi connectivity index (χ3n) is 15.0. The minimum absolute atomic E-state index is 0.0307. The summed E-state index contributed by atoms with van der Waals surface area (Å²) in [5.41, 5.74) is -4.98. The van der Waals surface area contributed by atoms with Gasteiger partial charge < -0.3 is 63.2 Å². The van der Waals surface area contributed by atoms with Crippen LogP contribution in [0.25, 0.3) is 0 Å². The molecular weight excluding hydrogens is 1110 g/mol. The maximum atomic E-state index is 14.4. The molecule has 1 heterocycles. The first-order valence-electron chi connectivity index (χ1n) is 31.7. The molecule has 24 nitrogen and oxygen atoms in total. The number of rotatable bonds is 43. The van der Waals surface area contributed by atoms with Gasteiger partial charge in [-0.2, -0.15) is 0 Å². The number of aliphatic carboxylic acids is 1. The van der Waals surface area contributed by atoms with E-state index in [2.05, 4.69) is 60.1 Å². The van der Waals surface area contributed by atoms with E-state index in [0.29, 0.717) is 38.6 Å². The number of carboxylic acids is 1. The van der Waals surface area contributed by atoms with Crippen LogP contribution < -0.4 is 53.2 Å². The van der Waals surface area contributed by atoms with Crippen LogP contribution in [0.3, 0.4) is 0 Å². The van der Waals surface area contributed by atoms with Crippen molar-refractivity contribution in [3.63, 3.8) is 0 Å². The lowest BCUT2D eigenvalue weighted by atomic mass is 9.96. The van der Waals surface area contributed by atoms with Crippen LogP contribution in [0.2, 0.25) is 0 Å². The van der Waals surface area contributed by atoms with Gasteiger partial charge in [0, 0.05) is 51.4 Å². The smallest absolute Gasteiger partial charge is 0.320 e. The summed E-state index contributed by atoms with van der Waals surface area (Å²) in [6.07, 6.45) is 10.1. The molecule has 86 heavy (non-hydrogen) atoms. The fourth-order valence-electron chi connectivity index (χ4n) is 9.65. The second-order valence-corrected chi connectivity index (χ2v) is 25.8. The van der Waals surface area contributed by atoms with Gasteiger partial charge in [-0.25, -0.2) is 0 Å². The zero-order chi connectivity index (χ0) is 65.5. The van der Waals surface area contributed by atoms with E-state index in [1.807, 2.05) is 41.5 Å². The SMILES string of the molecule is CCCCCCCC[C@H](NC(=O)C(C)(C)NC(=O)C(C)(C)NC(=O)[C@H](CCCC(=O)CCCC)NC(=O)C1CCCN1C(=O)CCC)C(=O)N[C@@H](CC(C)C)C(=O)NC(C)(C)C(=O)N[C@@H](CC(C)C)C(=O)NCCC(=O)N[C@@H](C)CN[C@@H](C)C(=O)O. The van der Waals surface area contributed by atoms with E-state index < -0.39 is 112 Å². The van der Waals surface area contributed by atoms with Crippen molar-refractivity contribution >= 4 is 70.8 Å². The number of carbonyl (C=O) groups excluding carboxylic acids is 11. The number of amides is 10. The fourth-order valence-corrected chi connectivity index (χ4v) is 9.65. The second kappa shape index (κ2) is 38.9. The van der Waals surface area contributed by atoms with Crippen LogP contribution in [0.5, 0.6) is 0 Å². The number of hydrogen-bond donors (Lipinski definition) is 11. The van der Waals surface area contributed by atoms with Gasteiger partial charge in [0.2, 0.25) is 59.1 Å². The van der Waals surface area contributed by atoms with E-state index in [1.54, 1.807) is 6.92 Å². The third-order valence-corrected chi connectivity index (χ3v) is 15.0. The Labute approximate surface area is 512 Å². The first-order valence-corrected chi connectivity index (χ1v) is 31.7. The van der Waals surface area contributed by atoms with Crippen LogP contribution in [0.15, 0.2) is 0 Å². The molecule has 0 saturated carbocycles. The highest BCUT2D eigenvalue weighted by atomic mass is 16.4. The molecule has 1 rings (SSSR count). The van der Waals surface area contributed by atoms with E-state index in [1.165, 1.54) is 53.4 Å². The van der Waals surface area contributed by atoms with Gasteiger partial charge >= 0.3 is 5.97 Å². The van der Waals surface area contributed by atoms with E-state index in [-0.39, 0.29) is 93.9 Å². The van der Waals surface area contributed by atoms with Gasteiger partial charge in [-0.05, 0) is 125 Å². The Morgan fingerprint density at radius 2 is 1.01 bits per heavy atom. The number of likely N-dealkylation sites (tertiary alicyclic amines) is 1. The first kappa shape index (κ1) is 77.8. The Balaban J connectivity index is 3.31. The Morgan fingerprint density at radius 3 is 1.58 bits per heavy atom. The highest BCUT2D eigenvalue weighted by molar-refractivity contribution is 6.00. The van der Waals surface area contributed by atoms with Gasteiger partial charge in [0.15, 0.2) is 0 Å². The van der Waals surface area contributed by atoms with Crippen molar-refractivity contribution in [3.8, 4) is 0 Å². The molecule has 7 atom stereocenters. The Kier molecular flexibility index (Phi) is 35.2. The number of nitrogens with one attached hydrogen (secondary N) is 10. The van der Waals surface area contributed by atoms with E-state index in [4.69, 9.17) is 5.11 Å². The van der Waals surface area contributed by atoms with Gasteiger partial charge in [-0.15, -0.1) is 0 Å². The van der Waals surface area contributed by atoms with Gasteiger partial charge in [0.05, 0.1) is 0 Å². The average molecular weight is 1220 g/mol. The van der Waals surface area contributed by atoms with Crippen molar-refractivity contribution in [2.24, 2.45) is 11.8 Å². The van der Waals surface area contributed by atoms with Crippen molar-refractivity contribution in [2.75, 3.05) is 19.6 Å². The number of unbranched alkanes of at least 4 members (excludes halogenated alkanes) is 6. The summed E-state index contributed by atoms with van der Waals surface area (Å²) in [4.78, 5) is 163. The monoisotopic (exact) mass is 1220 g/mol. The molecule has 1 saturated heterocycles. The summed E-state index contributed by atoms with van der Waals surface area (Å²) in [5, 5.41) is 36.7. The molecule has 1 aliphatic heterocycles. The third kappa shape index (κ3) is 29.5. The summed E-state index contributed by atoms with van der Waals surface area (Å²) in [5.74, 6) is -7.06. The number of ketones is 1. The van der Waals surface area contributed by atoms with Gasteiger partial charge in [0.25, 0.3) is 0 Å². The minimum atomic E-state index is -1.69. The summed E-state index contributed by atoms with van der Waals surface area (Å²) in [6.45, 7) is 25.8. The molecule has 0 spiro atoms. The van der Waals surface area contributed by atoms with Crippen LogP contribution in [0, 0.1) is 11.8 Å². The van der Waals surface area contributed by atoms with Crippen molar-refractivity contribution < 1.29 is 62.6 Å². The molecular formula is C62H111N11O13. The topological polar surface area (TPSA) is 349 Å². The van der Waals surface area contributed by atoms with Gasteiger partial charge in [-0.1, -0.05) is 93.4 Å². The van der Waals surface area contributed by atoms with Gasteiger partial charge in [-0.3, -0.25) is 57.5 Å². The summed E-state index contributed by atoms with van der Waals surface area (Å²) in [7, 11) is 0. The molecule has 492 valence electrons. The molecule has 1 aliphatic rings. The summed E-state index contributed by atoms with van der Waals surface area (Å²) < 4.78 is 0. The van der Waals surface area contributed by atoms with Crippen LogP contribution in [-0.2, 0) is 57.5 Å². The Hall–Kier alpha value is -6.20. The van der Waals surface area contributed by atoms with Crippen LogP contribution in [-0.4, -0.2) is 159 Å². The van der Waals surface area contributed by atoms with Crippen LogP contribution in [0.4, 0.5) is 0 Å². The molecule has 11 N–H and O–H groups in total. The van der Waals surface area contributed by atoms with E-state index >= 15 is 0 Å². The first-order chi connectivity index (χ1) is 40.1. The zero-order valence-electron chi connectivity index (χ0n) is 54.8. The Bertz CT molecular complexity index is 2250. The normalized spacial score (nSPS) is 15.7. The number of nitrogens with zero attached hydrogens (tertiary/aromatic N) is 1. The predicted octanol–water partition coefficient (Wildman–Crippen LogP) is 4.25. The molecule has 0 bridgehead atoms. The quantitative estimate of drug-likeness (QED) is 0.0381. The average Bonchev–Trinajstić information content (AvgIpc) is 1.86. The highest BCUT2D eigenvalue weighted by Gasteiger charge is 2.42. The fraction of sp³-hybridized carbons (Fsp3) is 0.806. The maximum absolute atomic E-state index is 14.4. The molecule has 0 aromatic heterocycles. The largest absolute Gasteiger partial charge is 0.480 e. The molecule has 1 unspecified atom stereocenters. The van der Waals surface area contributed by atoms with Crippen LogP contribution in [0.1, 0.15) is 232 Å². The summed E-state index contributed by atoms with van der Waals surface area (Å²) in [6, 6.07) is -6.55. The second-order valence-electron chi connectivity index (χ2n) is 25.8. The number of carbonyl (C=O) groups is 12. The zero-order valence-corrected chi connectivity index (χ0v) is 54.8. The van der Waals surface area contributed by atoms with Crippen molar-refractivity contribution in [1.29, 1.82) is 0 Å². The molecule has 24 heteroatoms. The number of Topliss-reactive ketones (excluding diaryl/α,β-unsaturated/α-hetero) is 1. The van der Waals surface area contributed by atoms with E-state index in [9.17, 15) is 57.5 Å². The van der Waals surface area contributed by atoms with Crippen molar-refractivity contribution in [3.05, 3.63) is 0 Å². The van der Waals surface area contributed by atoms with Crippen molar-refractivity contribution in [1.82, 2.24) is 58.1 Å². The summed E-state index contributed by atoms with van der Waals surface area (Å²) >= 11 is 0. The number of hydrogen-bond acceptors (Lipinski definition) is 13. The highest BCUT2D eigenvalue weighted by Crippen LogP contribution is 2.21. The lowest BCUT2D eigenvalue weighted by molar-refractivity contribution is -0.141. The molecule has 0 aromatic carbocycles. The number of carboxylic acid groups (broad SMARTS) is 1. The predicted molar refractivity (Wildman–Crippen MR) is 330 cm³/mol. The lowest BCUT2D eigenvalue weighted by Crippen LogP contribution is -2.66. The van der Waals surface area contributed by atoms with Gasteiger partial charge in [0.1, 0.15) is 58.7 Å². The maximum Gasteiger partial charge on any atom is 0.320 e. The van der Waals surface area contributed by atoms with E-state index in [0.717, 1.165) is 44.9 Å².